The average molecular weight is 411 g/mol. The number of carbonyl (C=O) groups is 1. The van der Waals surface area contributed by atoms with Crippen LogP contribution in [0.2, 0.25) is 10.0 Å². The molecule has 0 aliphatic rings. The van der Waals surface area contributed by atoms with Crippen molar-refractivity contribution in [2.75, 3.05) is 13.2 Å². The highest BCUT2D eigenvalue weighted by Crippen LogP contribution is 2.39. The van der Waals surface area contributed by atoms with Gasteiger partial charge in [-0.25, -0.2) is 5.43 Å². The molecule has 0 aliphatic carbocycles. The van der Waals surface area contributed by atoms with Gasteiger partial charge in [-0.1, -0.05) is 35.3 Å². The van der Waals surface area contributed by atoms with E-state index in [1.165, 1.54) is 12.3 Å². The van der Waals surface area contributed by atoms with Gasteiger partial charge in [0.25, 0.3) is 5.91 Å². The molecule has 0 spiro atoms. The van der Waals surface area contributed by atoms with Crippen LogP contribution in [0.1, 0.15) is 23.6 Å². The lowest BCUT2D eigenvalue weighted by atomic mass is 10.1. The van der Waals surface area contributed by atoms with Crippen LogP contribution in [-0.4, -0.2) is 30.4 Å². The van der Waals surface area contributed by atoms with Gasteiger partial charge in [-0.2, -0.15) is 5.10 Å². The summed E-state index contributed by atoms with van der Waals surface area (Å²) in [6.07, 6.45) is 1.20. The number of benzene rings is 2. The number of carbonyl (C=O) groups excluding carboxylic acids is 1. The first-order chi connectivity index (χ1) is 12.8. The molecule has 0 saturated heterocycles. The van der Waals surface area contributed by atoms with Crippen molar-refractivity contribution in [1.29, 1.82) is 0 Å². The Hall–Kier alpha value is -2.44. The third-order valence-corrected chi connectivity index (χ3v) is 4.59. The second-order valence-corrected chi connectivity index (χ2v) is 6.43. The fourth-order valence-corrected chi connectivity index (χ4v) is 2.61. The number of ether oxygens (including phenoxy) is 2. The van der Waals surface area contributed by atoms with E-state index in [4.69, 9.17) is 32.7 Å². The maximum Gasteiger partial charge on any atom is 0.277 e. The van der Waals surface area contributed by atoms with Crippen molar-refractivity contribution >= 4 is 35.3 Å². The van der Waals surface area contributed by atoms with Crippen LogP contribution in [0, 0.1) is 13.8 Å². The number of aryl methyl sites for hydroxylation is 1. The maximum absolute atomic E-state index is 11.9. The molecule has 27 heavy (non-hydrogen) atoms. The third-order valence-electron chi connectivity index (χ3n) is 3.79. The fourth-order valence-electron chi connectivity index (χ4n) is 2.22. The largest absolute Gasteiger partial charge is 0.504 e. The van der Waals surface area contributed by atoms with Gasteiger partial charge in [0.15, 0.2) is 18.1 Å². The monoisotopic (exact) mass is 410 g/mol. The molecule has 2 N–H and O–H groups in total. The first-order valence-electron chi connectivity index (χ1n) is 8.19. The summed E-state index contributed by atoms with van der Waals surface area (Å²) in [4.78, 5) is 11.9. The van der Waals surface area contributed by atoms with E-state index in [9.17, 15) is 9.90 Å². The van der Waals surface area contributed by atoms with Crippen molar-refractivity contribution in [2.45, 2.75) is 20.8 Å². The molecule has 0 aromatic heterocycles. The molecule has 8 heteroatoms. The van der Waals surface area contributed by atoms with Crippen molar-refractivity contribution in [3.8, 4) is 17.2 Å². The first kappa shape index (κ1) is 20.9. The number of hydrogen-bond acceptors (Lipinski definition) is 5. The minimum Gasteiger partial charge on any atom is -0.504 e. The molecule has 1 amide bonds. The van der Waals surface area contributed by atoms with E-state index in [0.29, 0.717) is 12.4 Å². The SMILES string of the molecule is CCOc1cc(Cl)c(Cl)c(/C=N/NC(=O)COc2cccc(C)c2C)c1O. The second kappa shape index (κ2) is 9.48. The van der Waals surface area contributed by atoms with E-state index in [0.717, 1.165) is 11.1 Å². The Kier molecular flexibility index (Phi) is 7.33. The van der Waals surface area contributed by atoms with Gasteiger partial charge in [-0.3, -0.25) is 4.79 Å². The lowest BCUT2D eigenvalue weighted by molar-refractivity contribution is -0.123. The molecule has 0 atom stereocenters. The Balaban J connectivity index is 2.02. The van der Waals surface area contributed by atoms with Crippen LogP contribution in [0.4, 0.5) is 0 Å². The van der Waals surface area contributed by atoms with E-state index < -0.39 is 5.91 Å². The average Bonchev–Trinajstić information content (AvgIpc) is 2.64. The van der Waals surface area contributed by atoms with E-state index >= 15 is 0 Å². The molecule has 0 heterocycles. The van der Waals surface area contributed by atoms with Gasteiger partial charge in [-0.05, 0) is 38.0 Å². The summed E-state index contributed by atoms with van der Waals surface area (Å²) in [7, 11) is 0. The zero-order valence-corrected chi connectivity index (χ0v) is 16.7. The minimum atomic E-state index is -0.463. The van der Waals surface area contributed by atoms with E-state index in [1.807, 2.05) is 26.0 Å². The second-order valence-electron chi connectivity index (χ2n) is 5.65. The van der Waals surface area contributed by atoms with Crippen LogP contribution >= 0.6 is 23.2 Å². The summed E-state index contributed by atoms with van der Waals surface area (Å²) in [6, 6.07) is 7.02. The Morgan fingerprint density at radius 3 is 2.70 bits per heavy atom. The number of phenolic OH excluding ortho intramolecular Hbond substituents is 1. The molecule has 0 fully saturated rings. The number of amides is 1. The van der Waals surface area contributed by atoms with Gasteiger partial charge >= 0.3 is 0 Å². The van der Waals surface area contributed by atoms with Crippen molar-refractivity contribution in [1.82, 2.24) is 5.43 Å². The summed E-state index contributed by atoms with van der Waals surface area (Å²) in [5, 5.41) is 14.3. The highest BCUT2D eigenvalue weighted by Gasteiger charge is 2.15. The zero-order valence-electron chi connectivity index (χ0n) is 15.2. The molecule has 2 aromatic carbocycles. The predicted molar refractivity (Wildman–Crippen MR) is 106 cm³/mol. The summed E-state index contributed by atoms with van der Waals surface area (Å²) in [5.74, 6) is 0.134. The van der Waals surface area contributed by atoms with Crippen molar-refractivity contribution in [3.05, 3.63) is 51.0 Å². The summed E-state index contributed by atoms with van der Waals surface area (Å²) < 4.78 is 10.8. The van der Waals surface area contributed by atoms with Gasteiger partial charge in [0.1, 0.15) is 5.75 Å². The Morgan fingerprint density at radius 2 is 2.00 bits per heavy atom. The maximum atomic E-state index is 11.9. The summed E-state index contributed by atoms with van der Waals surface area (Å²) in [6.45, 7) is 5.78. The number of rotatable bonds is 7. The number of nitrogens with zero attached hydrogens (tertiary/aromatic N) is 1. The standard InChI is InChI=1S/C19H20Cl2N2O4/c1-4-26-16-8-14(20)18(21)13(19(16)25)9-22-23-17(24)10-27-15-7-5-6-11(2)12(15)3/h5-9,25H,4,10H2,1-3H3,(H,23,24)/b22-9+. The fraction of sp³-hybridized carbons (Fsp3) is 0.263. The highest BCUT2D eigenvalue weighted by molar-refractivity contribution is 6.43. The van der Waals surface area contributed by atoms with Crippen LogP contribution in [0.15, 0.2) is 29.4 Å². The van der Waals surface area contributed by atoms with Crippen molar-refractivity contribution in [2.24, 2.45) is 5.10 Å². The number of aromatic hydroxyl groups is 1. The number of nitrogens with one attached hydrogen (secondary N) is 1. The van der Waals surface area contributed by atoms with Crippen LogP contribution in [0.5, 0.6) is 17.2 Å². The number of hydrazone groups is 1. The molecule has 144 valence electrons. The van der Waals surface area contributed by atoms with Crippen LogP contribution < -0.4 is 14.9 Å². The Bertz CT molecular complexity index is 869. The van der Waals surface area contributed by atoms with Gasteiger partial charge in [0.05, 0.1) is 28.4 Å². The smallest absolute Gasteiger partial charge is 0.277 e. The number of halogens is 2. The highest BCUT2D eigenvalue weighted by atomic mass is 35.5. The Morgan fingerprint density at radius 1 is 1.26 bits per heavy atom. The van der Waals surface area contributed by atoms with E-state index in [2.05, 4.69) is 10.5 Å². The zero-order chi connectivity index (χ0) is 20.0. The lowest BCUT2D eigenvalue weighted by Crippen LogP contribution is -2.24. The quantitative estimate of drug-likeness (QED) is 0.528. The van der Waals surface area contributed by atoms with Gasteiger partial charge in [-0.15, -0.1) is 0 Å². The predicted octanol–water partition coefficient (Wildman–Crippen LogP) is 4.24. The summed E-state index contributed by atoms with van der Waals surface area (Å²) in [5.41, 5.74) is 4.49. The molecule has 0 unspecified atom stereocenters. The molecule has 0 saturated carbocycles. The van der Waals surface area contributed by atoms with Crippen molar-refractivity contribution in [3.63, 3.8) is 0 Å². The topological polar surface area (TPSA) is 80.2 Å². The molecule has 0 aliphatic heterocycles. The molecule has 2 rings (SSSR count). The summed E-state index contributed by atoms with van der Waals surface area (Å²) >= 11 is 12.1. The van der Waals surface area contributed by atoms with E-state index in [-0.39, 0.29) is 33.7 Å². The number of phenols is 1. The minimum absolute atomic E-state index is 0.0993. The molecular weight excluding hydrogens is 391 g/mol. The molecule has 0 radical (unpaired) electrons. The third kappa shape index (κ3) is 5.28. The van der Waals surface area contributed by atoms with Crippen LogP contribution in [-0.2, 0) is 4.79 Å². The van der Waals surface area contributed by atoms with Crippen LogP contribution in [0.25, 0.3) is 0 Å². The molecule has 6 nitrogen and oxygen atoms in total. The normalized spacial score (nSPS) is 10.9. The van der Waals surface area contributed by atoms with E-state index in [1.54, 1.807) is 13.0 Å². The molecule has 2 aromatic rings. The van der Waals surface area contributed by atoms with Gasteiger partial charge in [0.2, 0.25) is 0 Å². The lowest BCUT2D eigenvalue weighted by Gasteiger charge is -2.11. The first-order valence-corrected chi connectivity index (χ1v) is 8.95. The van der Waals surface area contributed by atoms with Crippen molar-refractivity contribution < 1.29 is 19.4 Å². The van der Waals surface area contributed by atoms with Crippen LogP contribution in [0.3, 0.4) is 0 Å². The Labute approximate surface area is 167 Å². The molecule has 0 bridgehead atoms. The van der Waals surface area contributed by atoms with Gasteiger partial charge in [0, 0.05) is 6.07 Å². The van der Waals surface area contributed by atoms with Gasteiger partial charge < -0.3 is 14.6 Å². The number of hydrogen-bond donors (Lipinski definition) is 2. The molecular formula is C19H20Cl2N2O4.